The quantitative estimate of drug-likeness (QED) is 0.650. The van der Waals surface area contributed by atoms with Crippen LogP contribution in [0.4, 0.5) is 4.39 Å². The fourth-order valence-electron chi connectivity index (χ4n) is 1.97. The second kappa shape index (κ2) is 3.11. The predicted octanol–water partition coefficient (Wildman–Crippen LogP) is 2.47. The van der Waals surface area contributed by atoms with Gasteiger partial charge >= 0.3 is 0 Å². The van der Waals surface area contributed by atoms with Crippen LogP contribution in [0, 0.1) is 12.7 Å². The van der Waals surface area contributed by atoms with Crippen molar-refractivity contribution in [2.24, 2.45) is 5.73 Å². The summed E-state index contributed by atoms with van der Waals surface area (Å²) in [5.41, 5.74) is 8.89. The molecule has 0 spiro atoms. The Kier molecular flexibility index (Phi) is 2.08. The minimum atomic E-state index is -0.104. The van der Waals surface area contributed by atoms with E-state index in [1.807, 2.05) is 6.07 Å². The first-order chi connectivity index (χ1) is 6.18. The van der Waals surface area contributed by atoms with Gasteiger partial charge in [0, 0.05) is 6.04 Å². The van der Waals surface area contributed by atoms with E-state index in [4.69, 9.17) is 5.73 Å². The highest BCUT2D eigenvalue weighted by atomic mass is 19.1. The zero-order chi connectivity index (χ0) is 9.42. The molecule has 2 N–H and O–H groups in total. The Bertz CT molecular complexity index is 333. The van der Waals surface area contributed by atoms with E-state index in [0.717, 1.165) is 30.4 Å². The normalized spacial score (nSPS) is 21.3. The summed E-state index contributed by atoms with van der Waals surface area (Å²) in [5, 5.41) is 0. The van der Waals surface area contributed by atoms with Gasteiger partial charge in [-0.3, -0.25) is 0 Å². The molecule has 0 saturated heterocycles. The smallest absolute Gasteiger partial charge is 0.126 e. The van der Waals surface area contributed by atoms with Crippen molar-refractivity contribution in [3.05, 3.63) is 34.6 Å². The Hall–Kier alpha value is -0.890. The lowest BCUT2D eigenvalue weighted by Crippen LogP contribution is -2.17. The number of hydrogen-bond acceptors (Lipinski definition) is 1. The molecule has 13 heavy (non-hydrogen) atoms. The van der Waals surface area contributed by atoms with Crippen molar-refractivity contribution < 1.29 is 4.39 Å². The Morgan fingerprint density at radius 3 is 3.00 bits per heavy atom. The van der Waals surface area contributed by atoms with Crippen molar-refractivity contribution in [3.63, 3.8) is 0 Å². The van der Waals surface area contributed by atoms with E-state index in [0.29, 0.717) is 5.56 Å². The summed E-state index contributed by atoms with van der Waals surface area (Å²) in [6.45, 7) is 1.79. The zero-order valence-corrected chi connectivity index (χ0v) is 7.81. The molecule has 0 amide bonds. The Labute approximate surface area is 77.8 Å². The van der Waals surface area contributed by atoms with Crippen LogP contribution in [0.25, 0.3) is 0 Å². The Morgan fingerprint density at radius 1 is 1.46 bits per heavy atom. The molecule has 2 heteroatoms. The van der Waals surface area contributed by atoms with Crippen LogP contribution in [0.3, 0.4) is 0 Å². The first-order valence-corrected chi connectivity index (χ1v) is 4.73. The van der Waals surface area contributed by atoms with E-state index in [-0.39, 0.29) is 11.9 Å². The minimum absolute atomic E-state index is 0.104. The van der Waals surface area contributed by atoms with Gasteiger partial charge in [-0.25, -0.2) is 4.39 Å². The van der Waals surface area contributed by atoms with Crippen molar-refractivity contribution in [2.75, 3.05) is 0 Å². The molecule has 70 valence electrons. The van der Waals surface area contributed by atoms with E-state index in [9.17, 15) is 4.39 Å². The molecule has 1 aromatic carbocycles. The van der Waals surface area contributed by atoms with Crippen LogP contribution < -0.4 is 5.73 Å². The molecule has 0 fully saturated rings. The predicted molar refractivity (Wildman–Crippen MR) is 51.0 cm³/mol. The van der Waals surface area contributed by atoms with Crippen molar-refractivity contribution in [2.45, 2.75) is 32.2 Å². The summed E-state index contributed by atoms with van der Waals surface area (Å²) < 4.78 is 13.2. The summed E-state index contributed by atoms with van der Waals surface area (Å²) in [7, 11) is 0. The van der Waals surface area contributed by atoms with Gasteiger partial charge in [0.15, 0.2) is 0 Å². The zero-order valence-electron chi connectivity index (χ0n) is 7.81. The van der Waals surface area contributed by atoms with Gasteiger partial charge in [-0.05, 0) is 48.9 Å². The number of fused-ring (bicyclic) bond motifs is 1. The minimum Gasteiger partial charge on any atom is -0.324 e. The van der Waals surface area contributed by atoms with E-state index >= 15 is 0 Å². The van der Waals surface area contributed by atoms with E-state index in [2.05, 4.69) is 0 Å². The van der Waals surface area contributed by atoms with Gasteiger partial charge in [0.1, 0.15) is 5.82 Å². The molecule has 0 heterocycles. The molecule has 0 aromatic heterocycles. The Morgan fingerprint density at radius 2 is 2.23 bits per heavy atom. The lowest BCUT2D eigenvalue weighted by atomic mass is 9.87. The number of rotatable bonds is 0. The summed E-state index contributed by atoms with van der Waals surface area (Å²) >= 11 is 0. The van der Waals surface area contributed by atoms with Gasteiger partial charge in [-0.1, -0.05) is 6.07 Å². The van der Waals surface area contributed by atoms with Gasteiger partial charge in [0.25, 0.3) is 0 Å². The van der Waals surface area contributed by atoms with Crippen LogP contribution in [-0.4, -0.2) is 0 Å². The number of halogens is 1. The molecule has 1 aromatic rings. The summed E-state index contributed by atoms with van der Waals surface area (Å²) in [4.78, 5) is 0. The standard InChI is InChI=1S/C11H14FN/c1-7-5-9-8(6-10(7)12)3-2-4-11(9)13/h5-6,11H,2-4,13H2,1H3. The van der Waals surface area contributed by atoms with Crippen LogP contribution in [-0.2, 0) is 6.42 Å². The third-order valence-corrected chi connectivity index (χ3v) is 2.78. The molecular formula is C11H14FN. The SMILES string of the molecule is Cc1cc2c(cc1F)CCCC2N. The van der Waals surface area contributed by atoms with Gasteiger partial charge in [0.05, 0.1) is 0 Å². The lowest BCUT2D eigenvalue weighted by molar-refractivity contribution is 0.557. The topological polar surface area (TPSA) is 26.0 Å². The van der Waals surface area contributed by atoms with Crippen molar-refractivity contribution in [1.29, 1.82) is 0 Å². The molecule has 1 unspecified atom stereocenters. The molecule has 1 aliphatic rings. The second-order valence-corrected chi connectivity index (χ2v) is 3.80. The van der Waals surface area contributed by atoms with Crippen LogP contribution in [0.2, 0.25) is 0 Å². The van der Waals surface area contributed by atoms with Gasteiger partial charge in [-0.2, -0.15) is 0 Å². The molecule has 0 aliphatic heterocycles. The first-order valence-electron chi connectivity index (χ1n) is 4.73. The maximum atomic E-state index is 13.2. The maximum Gasteiger partial charge on any atom is 0.126 e. The van der Waals surface area contributed by atoms with Crippen LogP contribution in [0.5, 0.6) is 0 Å². The summed E-state index contributed by atoms with van der Waals surface area (Å²) in [6.07, 6.45) is 3.08. The van der Waals surface area contributed by atoms with Gasteiger partial charge in [0.2, 0.25) is 0 Å². The van der Waals surface area contributed by atoms with Crippen LogP contribution >= 0.6 is 0 Å². The molecule has 0 bridgehead atoms. The first kappa shape index (κ1) is 8.70. The molecule has 2 rings (SSSR count). The molecular weight excluding hydrogens is 165 g/mol. The number of nitrogens with two attached hydrogens (primary N) is 1. The number of hydrogen-bond donors (Lipinski definition) is 1. The largest absolute Gasteiger partial charge is 0.324 e. The van der Waals surface area contributed by atoms with E-state index in [1.54, 1.807) is 13.0 Å². The van der Waals surface area contributed by atoms with Crippen molar-refractivity contribution >= 4 is 0 Å². The monoisotopic (exact) mass is 179 g/mol. The molecule has 1 nitrogen and oxygen atoms in total. The summed E-state index contributed by atoms with van der Waals surface area (Å²) in [5.74, 6) is -0.104. The number of aryl methyl sites for hydroxylation is 2. The van der Waals surface area contributed by atoms with Crippen LogP contribution in [0.15, 0.2) is 12.1 Å². The van der Waals surface area contributed by atoms with E-state index < -0.39 is 0 Å². The molecule has 0 saturated carbocycles. The highest BCUT2D eigenvalue weighted by molar-refractivity contribution is 5.36. The Balaban J connectivity index is 2.52. The second-order valence-electron chi connectivity index (χ2n) is 3.80. The van der Waals surface area contributed by atoms with Crippen molar-refractivity contribution in [1.82, 2.24) is 0 Å². The molecule has 1 aliphatic carbocycles. The maximum absolute atomic E-state index is 13.2. The average Bonchev–Trinajstić information content (AvgIpc) is 2.09. The van der Waals surface area contributed by atoms with E-state index in [1.165, 1.54) is 0 Å². The van der Waals surface area contributed by atoms with Crippen LogP contribution in [0.1, 0.15) is 35.6 Å². The lowest BCUT2D eigenvalue weighted by Gasteiger charge is -2.22. The van der Waals surface area contributed by atoms with Gasteiger partial charge < -0.3 is 5.73 Å². The fraction of sp³-hybridized carbons (Fsp3) is 0.455. The van der Waals surface area contributed by atoms with Crippen molar-refractivity contribution in [3.8, 4) is 0 Å². The highest BCUT2D eigenvalue weighted by Crippen LogP contribution is 2.29. The number of benzene rings is 1. The average molecular weight is 179 g/mol. The van der Waals surface area contributed by atoms with Gasteiger partial charge in [-0.15, -0.1) is 0 Å². The molecule has 1 atom stereocenters. The molecule has 0 radical (unpaired) electrons. The third-order valence-electron chi connectivity index (χ3n) is 2.78. The third kappa shape index (κ3) is 1.46. The fourth-order valence-corrected chi connectivity index (χ4v) is 1.97. The summed E-state index contributed by atoms with van der Waals surface area (Å²) in [6, 6.07) is 3.65. The highest BCUT2D eigenvalue weighted by Gasteiger charge is 2.17.